The van der Waals surface area contributed by atoms with E-state index in [-0.39, 0.29) is 5.92 Å². The number of nitrogens with zero attached hydrogens (tertiary/aromatic N) is 1. The van der Waals surface area contributed by atoms with Gasteiger partial charge in [0.25, 0.3) is 11.8 Å². The first kappa shape index (κ1) is 20.4. The Hall–Kier alpha value is -3.35. The molecule has 2 aromatic rings. The van der Waals surface area contributed by atoms with E-state index >= 15 is 0 Å². The lowest BCUT2D eigenvalue weighted by atomic mass is 10.0. The fourth-order valence-corrected chi connectivity index (χ4v) is 3.39. The molecule has 1 N–H and O–H groups in total. The third kappa shape index (κ3) is 3.94. The molecule has 29 heavy (non-hydrogen) atoms. The molecule has 1 aliphatic heterocycles. The molecule has 0 spiro atoms. The van der Waals surface area contributed by atoms with E-state index in [1.54, 1.807) is 42.5 Å². The number of hydrogen-bond donors (Lipinski definition) is 1. The molecule has 7 nitrogen and oxygen atoms in total. The Bertz CT molecular complexity index is 919. The molecule has 0 aromatic heterocycles. The molecule has 0 radical (unpaired) electrons. The molecule has 0 aliphatic carbocycles. The van der Waals surface area contributed by atoms with Gasteiger partial charge in [0, 0.05) is 6.07 Å². The van der Waals surface area contributed by atoms with E-state index in [2.05, 4.69) is 5.32 Å². The van der Waals surface area contributed by atoms with E-state index in [1.165, 1.54) is 14.2 Å². The minimum absolute atomic E-state index is 0.0854. The Morgan fingerprint density at radius 2 is 1.62 bits per heavy atom. The van der Waals surface area contributed by atoms with Crippen molar-refractivity contribution in [3.63, 3.8) is 0 Å². The van der Waals surface area contributed by atoms with Crippen LogP contribution in [-0.2, 0) is 4.79 Å². The van der Waals surface area contributed by atoms with Gasteiger partial charge in [0.05, 0.1) is 31.0 Å². The van der Waals surface area contributed by atoms with E-state index in [4.69, 9.17) is 9.47 Å². The maximum Gasteiger partial charge on any atom is 0.262 e. The van der Waals surface area contributed by atoms with Gasteiger partial charge in [-0.15, -0.1) is 0 Å². The van der Waals surface area contributed by atoms with Crippen molar-refractivity contribution in [2.24, 2.45) is 5.92 Å². The topological polar surface area (TPSA) is 84.9 Å². The van der Waals surface area contributed by atoms with E-state index in [1.807, 2.05) is 13.8 Å². The molecular weight excluding hydrogens is 372 g/mol. The number of fused-ring (bicyclic) bond motifs is 1. The number of nitrogens with one attached hydrogen (secondary N) is 1. The number of methoxy groups -OCH3 is 2. The van der Waals surface area contributed by atoms with Crippen LogP contribution in [0, 0.1) is 5.92 Å². The van der Waals surface area contributed by atoms with Crippen LogP contribution >= 0.6 is 0 Å². The Kier molecular flexibility index (Phi) is 5.87. The molecule has 0 saturated carbocycles. The highest BCUT2D eigenvalue weighted by Crippen LogP contribution is 2.31. The molecule has 152 valence electrons. The summed E-state index contributed by atoms with van der Waals surface area (Å²) in [5, 5.41) is 2.80. The molecule has 1 aliphatic rings. The zero-order valence-electron chi connectivity index (χ0n) is 16.9. The van der Waals surface area contributed by atoms with Crippen molar-refractivity contribution in [2.75, 3.05) is 19.5 Å². The lowest BCUT2D eigenvalue weighted by Crippen LogP contribution is -2.48. The quantitative estimate of drug-likeness (QED) is 0.726. The summed E-state index contributed by atoms with van der Waals surface area (Å²) >= 11 is 0. The summed E-state index contributed by atoms with van der Waals surface area (Å²) in [6, 6.07) is 10.7. The minimum atomic E-state index is -0.946. The molecule has 2 aromatic carbocycles. The number of anilines is 1. The first-order chi connectivity index (χ1) is 13.9. The summed E-state index contributed by atoms with van der Waals surface area (Å²) in [7, 11) is 3.01. The van der Waals surface area contributed by atoms with Crippen LogP contribution in [-0.4, -0.2) is 42.9 Å². The van der Waals surface area contributed by atoms with Gasteiger partial charge in [-0.3, -0.25) is 19.3 Å². The van der Waals surface area contributed by atoms with Crippen LogP contribution in [0.25, 0.3) is 0 Å². The van der Waals surface area contributed by atoms with E-state index < -0.39 is 23.8 Å². The molecular formula is C22H24N2O5. The van der Waals surface area contributed by atoms with Gasteiger partial charge in [0.1, 0.15) is 17.5 Å². The Labute approximate surface area is 169 Å². The first-order valence-electron chi connectivity index (χ1n) is 9.37. The average Bonchev–Trinajstić information content (AvgIpc) is 2.96. The number of carbonyl (C=O) groups is 3. The van der Waals surface area contributed by atoms with E-state index in [0.717, 1.165) is 4.90 Å². The van der Waals surface area contributed by atoms with Gasteiger partial charge in [-0.25, -0.2) is 0 Å². The normalized spacial score (nSPS) is 14.0. The van der Waals surface area contributed by atoms with Crippen LogP contribution in [0.5, 0.6) is 11.5 Å². The summed E-state index contributed by atoms with van der Waals surface area (Å²) in [5.41, 5.74) is 1.04. The average molecular weight is 396 g/mol. The standard InChI is InChI=1S/C22H24N2O5/c1-13(2)11-18(24-21(26)15-7-5-6-8-16(15)22(24)27)20(25)23-17-12-14(28-3)9-10-19(17)29-4/h5-10,12-13,18H,11H2,1-4H3,(H,23,25). The highest BCUT2D eigenvalue weighted by Gasteiger charge is 2.42. The van der Waals surface area contributed by atoms with Gasteiger partial charge in [-0.2, -0.15) is 0 Å². The fourth-order valence-electron chi connectivity index (χ4n) is 3.39. The Morgan fingerprint density at radius 3 is 2.14 bits per heavy atom. The van der Waals surface area contributed by atoms with Crippen molar-refractivity contribution in [3.8, 4) is 11.5 Å². The van der Waals surface area contributed by atoms with Crippen molar-refractivity contribution in [1.82, 2.24) is 4.90 Å². The third-order valence-corrected chi connectivity index (χ3v) is 4.80. The largest absolute Gasteiger partial charge is 0.497 e. The lowest BCUT2D eigenvalue weighted by molar-refractivity contribution is -0.120. The Balaban J connectivity index is 1.93. The van der Waals surface area contributed by atoms with Crippen molar-refractivity contribution in [1.29, 1.82) is 0 Å². The predicted octanol–water partition coefficient (Wildman–Crippen LogP) is 3.35. The third-order valence-electron chi connectivity index (χ3n) is 4.80. The number of amides is 3. The zero-order valence-corrected chi connectivity index (χ0v) is 16.9. The summed E-state index contributed by atoms with van der Waals surface area (Å²) in [6.45, 7) is 3.87. The Morgan fingerprint density at radius 1 is 1.00 bits per heavy atom. The van der Waals surface area contributed by atoms with E-state index in [9.17, 15) is 14.4 Å². The van der Waals surface area contributed by atoms with Crippen molar-refractivity contribution >= 4 is 23.4 Å². The van der Waals surface area contributed by atoms with Gasteiger partial charge in [-0.1, -0.05) is 26.0 Å². The monoisotopic (exact) mass is 396 g/mol. The molecule has 0 fully saturated rings. The van der Waals surface area contributed by atoms with Crippen LogP contribution in [0.4, 0.5) is 5.69 Å². The van der Waals surface area contributed by atoms with Gasteiger partial charge in [0.15, 0.2) is 0 Å². The van der Waals surface area contributed by atoms with Gasteiger partial charge in [-0.05, 0) is 36.6 Å². The second kappa shape index (κ2) is 8.34. The van der Waals surface area contributed by atoms with E-state index in [0.29, 0.717) is 34.7 Å². The van der Waals surface area contributed by atoms with Crippen LogP contribution in [0.15, 0.2) is 42.5 Å². The van der Waals surface area contributed by atoms with Gasteiger partial charge >= 0.3 is 0 Å². The molecule has 1 atom stereocenters. The summed E-state index contributed by atoms with van der Waals surface area (Å²) < 4.78 is 10.5. The second-order valence-electron chi connectivity index (χ2n) is 7.23. The SMILES string of the molecule is COc1ccc(OC)c(NC(=O)C(CC(C)C)N2C(=O)c3ccccc3C2=O)c1. The van der Waals surface area contributed by atoms with Crippen LogP contribution in [0.2, 0.25) is 0 Å². The molecule has 3 amide bonds. The zero-order chi connectivity index (χ0) is 21.1. The van der Waals surface area contributed by atoms with Gasteiger partial charge in [0.2, 0.25) is 5.91 Å². The lowest BCUT2D eigenvalue weighted by Gasteiger charge is -2.27. The first-order valence-corrected chi connectivity index (χ1v) is 9.37. The van der Waals surface area contributed by atoms with Crippen molar-refractivity contribution in [2.45, 2.75) is 26.3 Å². The molecule has 1 heterocycles. The van der Waals surface area contributed by atoms with Crippen LogP contribution < -0.4 is 14.8 Å². The maximum atomic E-state index is 13.2. The second-order valence-corrected chi connectivity index (χ2v) is 7.23. The fraction of sp³-hybridized carbons (Fsp3) is 0.318. The predicted molar refractivity (Wildman–Crippen MR) is 108 cm³/mol. The summed E-state index contributed by atoms with van der Waals surface area (Å²) in [4.78, 5) is 40.0. The van der Waals surface area contributed by atoms with Crippen molar-refractivity contribution < 1.29 is 23.9 Å². The molecule has 7 heteroatoms. The number of benzene rings is 2. The van der Waals surface area contributed by atoms with Crippen LogP contribution in [0.3, 0.4) is 0 Å². The molecule has 3 rings (SSSR count). The highest BCUT2D eigenvalue weighted by molar-refractivity contribution is 6.23. The van der Waals surface area contributed by atoms with Crippen LogP contribution in [0.1, 0.15) is 41.0 Å². The number of carbonyl (C=O) groups excluding carboxylic acids is 3. The number of hydrogen-bond acceptors (Lipinski definition) is 5. The van der Waals surface area contributed by atoms with Gasteiger partial charge < -0.3 is 14.8 Å². The number of rotatable bonds is 7. The highest BCUT2D eigenvalue weighted by atomic mass is 16.5. The summed E-state index contributed by atoms with van der Waals surface area (Å²) in [6.07, 6.45) is 0.337. The van der Waals surface area contributed by atoms with Crippen molar-refractivity contribution in [3.05, 3.63) is 53.6 Å². The number of imide groups is 1. The number of ether oxygens (including phenoxy) is 2. The molecule has 0 bridgehead atoms. The smallest absolute Gasteiger partial charge is 0.262 e. The maximum absolute atomic E-state index is 13.2. The summed E-state index contributed by atoms with van der Waals surface area (Å²) in [5.74, 6) is -0.290. The molecule has 1 unspecified atom stereocenters. The minimum Gasteiger partial charge on any atom is -0.497 e. The molecule has 0 saturated heterocycles.